The molecule has 1 amide bonds. The second-order valence-electron chi connectivity index (χ2n) is 8.35. The third-order valence-corrected chi connectivity index (χ3v) is 6.28. The van der Waals surface area contributed by atoms with Gasteiger partial charge in [-0.25, -0.2) is 0 Å². The van der Waals surface area contributed by atoms with E-state index in [1.165, 1.54) is 18.4 Å². The van der Waals surface area contributed by atoms with E-state index in [0.29, 0.717) is 18.1 Å². The number of aromatic hydroxyl groups is 1. The van der Waals surface area contributed by atoms with Gasteiger partial charge in [-0.3, -0.25) is 4.79 Å². The fourth-order valence-electron chi connectivity index (χ4n) is 4.42. The van der Waals surface area contributed by atoms with Gasteiger partial charge in [-0.05, 0) is 49.4 Å². The van der Waals surface area contributed by atoms with E-state index in [1.54, 1.807) is 38.5 Å². The largest absolute Gasteiger partial charge is 0.508 e. The molecular formula is C27H39NO4. The van der Waals surface area contributed by atoms with Gasteiger partial charge in [0.15, 0.2) is 0 Å². The number of phenols is 1. The van der Waals surface area contributed by atoms with Crippen LogP contribution in [0.15, 0.2) is 42.5 Å². The quantitative estimate of drug-likeness (QED) is 0.534. The van der Waals surface area contributed by atoms with Crippen LogP contribution >= 0.6 is 0 Å². The Kier molecular flexibility index (Phi) is 10.4. The van der Waals surface area contributed by atoms with E-state index in [0.717, 1.165) is 42.9 Å². The van der Waals surface area contributed by atoms with Crippen LogP contribution < -0.4 is 9.47 Å². The number of ether oxygens (including phenoxy) is 2. The zero-order valence-corrected chi connectivity index (χ0v) is 20.3. The third kappa shape index (κ3) is 6.91. The maximum absolute atomic E-state index is 12.8. The van der Waals surface area contributed by atoms with E-state index < -0.39 is 0 Å². The van der Waals surface area contributed by atoms with E-state index in [1.807, 2.05) is 17.0 Å². The second-order valence-corrected chi connectivity index (χ2v) is 8.35. The Hall–Kier alpha value is -2.69. The van der Waals surface area contributed by atoms with Gasteiger partial charge >= 0.3 is 0 Å². The summed E-state index contributed by atoms with van der Waals surface area (Å²) in [6.45, 7) is 7.32. The Morgan fingerprint density at radius 3 is 2.38 bits per heavy atom. The van der Waals surface area contributed by atoms with Gasteiger partial charge in [0.2, 0.25) is 5.91 Å². The molecule has 0 saturated carbocycles. The van der Waals surface area contributed by atoms with Crippen molar-refractivity contribution in [3.63, 3.8) is 0 Å². The molecule has 0 spiro atoms. The lowest BCUT2D eigenvalue weighted by atomic mass is 9.91. The molecule has 5 nitrogen and oxygen atoms in total. The summed E-state index contributed by atoms with van der Waals surface area (Å²) in [6.07, 6.45) is 6.07. The Bertz CT molecular complexity index is 820. The maximum Gasteiger partial charge on any atom is 0.223 e. The number of hydrogen-bond acceptors (Lipinski definition) is 4. The van der Waals surface area contributed by atoms with E-state index in [4.69, 9.17) is 14.6 Å². The maximum atomic E-state index is 12.8. The number of hydrogen-bond donors (Lipinski definition) is 1. The summed E-state index contributed by atoms with van der Waals surface area (Å²) in [5, 5.41) is 8.63. The van der Waals surface area contributed by atoms with Crippen molar-refractivity contribution < 1.29 is 19.4 Å². The molecule has 0 aromatic heterocycles. The first-order valence-corrected chi connectivity index (χ1v) is 11.7. The van der Waals surface area contributed by atoms with Gasteiger partial charge in [0.25, 0.3) is 0 Å². The van der Waals surface area contributed by atoms with Crippen LogP contribution in [0.4, 0.5) is 0 Å². The average molecular weight is 442 g/mol. The second kappa shape index (κ2) is 13.0. The SMILES string of the molecule is CCCC(CC)CCC(=O)N1CCc2cc(OC)cc(OC)c2C1C.Oc1ccccc1. The molecule has 32 heavy (non-hydrogen) atoms. The summed E-state index contributed by atoms with van der Waals surface area (Å²) >= 11 is 0. The van der Waals surface area contributed by atoms with Crippen molar-refractivity contribution in [3.05, 3.63) is 53.6 Å². The predicted molar refractivity (Wildman–Crippen MR) is 129 cm³/mol. The topological polar surface area (TPSA) is 59.0 Å². The van der Waals surface area contributed by atoms with Crippen molar-refractivity contribution in [2.75, 3.05) is 20.8 Å². The molecule has 1 heterocycles. The Labute approximate surface area is 193 Å². The summed E-state index contributed by atoms with van der Waals surface area (Å²) in [7, 11) is 3.35. The monoisotopic (exact) mass is 441 g/mol. The molecule has 0 saturated heterocycles. The molecule has 2 aromatic rings. The lowest BCUT2D eigenvalue weighted by molar-refractivity contribution is -0.134. The number of amides is 1. The van der Waals surface area contributed by atoms with Gasteiger partial charge in [-0.15, -0.1) is 0 Å². The van der Waals surface area contributed by atoms with Gasteiger partial charge in [0.1, 0.15) is 17.2 Å². The first kappa shape index (κ1) is 25.6. The molecule has 2 unspecified atom stereocenters. The fourth-order valence-corrected chi connectivity index (χ4v) is 4.42. The number of rotatable bonds is 8. The number of para-hydroxylation sites is 1. The smallest absolute Gasteiger partial charge is 0.223 e. The number of fused-ring (bicyclic) bond motifs is 1. The first-order valence-electron chi connectivity index (χ1n) is 11.7. The number of methoxy groups -OCH3 is 2. The summed E-state index contributed by atoms with van der Waals surface area (Å²) in [4.78, 5) is 14.8. The highest BCUT2D eigenvalue weighted by atomic mass is 16.5. The Morgan fingerprint density at radius 2 is 1.84 bits per heavy atom. The van der Waals surface area contributed by atoms with Gasteiger partial charge < -0.3 is 19.5 Å². The van der Waals surface area contributed by atoms with E-state index >= 15 is 0 Å². The van der Waals surface area contributed by atoms with Crippen LogP contribution in [0.25, 0.3) is 0 Å². The summed E-state index contributed by atoms with van der Waals surface area (Å²) in [6, 6.07) is 12.7. The van der Waals surface area contributed by atoms with Crippen molar-refractivity contribution >= 4 is 5.91 Å². The highest BCUT2D eigenvalue weighted by Gasteiger charge is 2.30. The molecular weight excluding hydrogens is 402 g/mol. The predicted octanol–water partition coefficient (Wildman–Crippen LogP) is 6.15. The number of carbonyl (C=O) groups excluding carboxylic acids is 1. The first-order chi connectivity index (χ1) is 15.4. The van der Waals surface area contributed by atoms with E-state index in [9.17, 15) is 4.79 Å². The van der Waals surface area contributed by atoms with Gasteiger partial charge in [0.05, 0.1) is 20.3 Å². The number of nitrogens with zero attached hydrogens (tertiary/aromatic N) is 1. The number of carbonyl (C=O) groups is 1. The molecule has 1 aliphatic heterocycles. The molecule has 2 aromatic carbocycles. The van der Waals surface area contributed by atoms with Crippen LogP contribution in [0.5, 0.6) is 17.2 Å². The molecule has 3 rings (SSSR count). The minimum Gasteiger partial charge on any atom is -0.508 e. The number of benzene rings is 2. The van der Waals surface area contributed by atoms with E-state index in [2.05, 4.69) is 26.8 Å². The van der Waals surface area contributed by atoms with Crippen LogP contribution in [0.2, 0.25) is 0 Å². The zero-order valence-electron chi connectivity index (χ0n) is 20.3. The normalized spacial score (nSPS) is 15.8. The van der Waals surface area contributed by atoms with Crippen molar-refractivity contribution in [2.24, 2.45) is 5.92 Å². The molecule has 1 aliphatic rings. The summed E-state index contributed by atoms with van der Waals surface area (Å²) in [5.74, 6) is 2.89. The number of phenolic OH excluding ortho intramolecular Hbond substituents is 1. The minimum atomic E-state index is 0.0448. The van der Waals surface area contributed by atoms with Crippen molar-refractivity contribution in [1.29, 1.82) is 0 Å². The van der Waals surface area contributed by atoms with Crippen LogP contribution in [-0.4, -0.2) is 36.7 Å². The molecule has 0 aliphatic carbocycles. The zero-order chi connectivity index (χ0) is 23.5. The highest BCUT2D eigenvalue weighted by Crippen LogP contribution is 2.39. The van der Waals surface area contributed by atoms with E-state index in [-0.39, 0.29) is 11.9 Å². The molecule has 176 valence electrons. The Morgan fingerprint density at radius 1 is 1.12 bits per heavy atom. The van der Waals surface area contributed by atoms with Crippen molar-refractivity contribution in [1.82, 2.24) is 4.90 Å². The third-order valence-electron chi connectivity index (χ3n) is 6.28. The molecule has 5 heteroatoms. The minimum absolute atomic E-state index is 0.0448. The summed E-state index contributed by atoms with van der Waals surface area (Å²) < 4.78 is 11.0. The van der Waals surface area contributed by atoms with Crippen molar-refractivity contribution in [3.8, 4) is 17.2 Å². The lowest BCUT2D eigenvalue weighted by Gasteiger charge is -2.36. The lowest BCUT2D eigenvalue weighted by Crippen LogP contribution is -2.39. The van der Waals surface area contributed by atoms with Crippen LogP contribution in [0.3, 0.4) is 0 Å². The molecule has 1 N–H and O–H groups in total. The van der Waals surface area contributed by atoms with Crippen LogP contribution in [-0.2, 0) is 11.2 Å². The van der Waals surface area contributed by atoms with Crippen molar-refractivity contribution in [2.45, 2.75) is 65.3 Å². The average Bonchev–Trinajstić information content (AvgIpc) is 2.81. The van der Waals surface area contributed by atoms with Gasteiger partial charge in [-0.2, -0.15) is 0 Å². The standard InChI is InChI=1S/C21H33NO3.C6H6O/c1-6-8-16(7-2)9-10-20(23)22-12-11-17-13-18(24-4)14-19(25-5)21(17)15(22)3;7-6-4-2-1-3-5-6/h13-16H,6-12H2,1-5H3;1-5,7H. The highest BCUT2D eigenvalue weighted by molar-refractivity contribution is 5.77. The van der Waals surface area contributed by atoms with Gasteiger partial charge in [0, 0.05) is 24.6 Å². The molecule has 0 bridgehead atoms. The van der Waals surface area contributed by atoms with Crippen LogP contribution in [0, 0.1) is 5.92 Å². The fraction of sp³-hybridized carbons (Fsp3) is 0.519. The Balaban J connectivity index is 0.000000439. The molecule has 0 radical (unpaired) electrons. The van der Waals surface area contributed by atoms with Crippen LogP contribution in [0.1, 0.15) is 70.0 Å². The van der Waals surface area contributed by atoms with Gasteiger partial charge in [-0.1, -0.05) is 51.3 Å². The molecule has 0 fully saturated rings. The molecule has 2 atom stereocenters. The summed E-state index contributed by atoms with van der Waals surface area (Å²) in [5.41, 5.74) is 2.36.